The van der Waals surface area contributed by atoms with Crippen LogP contribution in [0.15, 0.2) is 96.1 Å². The predicted octanol–water partition coefficient (Wildman–Crippen LogP) is 6.59. The summed E-state index contributed by atoms with van der Waals surface area (Å²) in [5.41, 5.74) is 1.11. The van der Waals surface area contributed by atoms with Crippen molar-refractivity contribution >= 4 is 17.1 Å². The Balaban J connectivity index is 1.53. The number of hydrogen-bond acceptors (Lipinski definition) is 6. The molecule has 8 nitrogen and oxygen atoms in total. The van der Waals surface area contributed by atoms with E-state index < -0.39 is 29.1 Å². The molecule has 2 aromatic heterocycles. The molecule has 0 unspecified atom stereocenters. The molecule has 0 spiro atoms. The lowest BCUT2D eigenvalue weighted by atomic mass is 9.77. The number of aromatic nitrogens is 4. The van der Waals surface area contributed by atoms with Gasteiger partial charge in [-0.3, -0.25) is 14.3 Å². The molecular weight excluding hydrogens is 545 g/mol. The molecule has 6 rings (SSSR count). The fourth-order valence-electron chi connectivity index (χ4n) is 6.50. The van der Waals surface area contributed by atoms with Gasteiger partial charge < -0.3 is 14.8 Å². The molecule has 3 atom stereocenters. The minimum absolute atomic E-state index is 0.119. The molecule has 2 N–H and O–H groups in total. The first kappa shape index (κ1) is 28.6. The second kappa shape index (κ2) is 11.3. The minimum Gasteiger partial charge on any atom is -0.497 e. The van der Waals surface area contributed by atoms with Crippen LogP contribution in [0.1, 0.15) is 56.5 Å². The number of ether oxygens (including phenoxy) is 2. The molecule has 5 aromatic rings. The second-order valence-corrected chi connectivity index (χ2v) is 11.1. The number of nitrogens with one attached hydrogen (secondary N) is 2. The lowest BCUT2D eigenvalue weighted by molar-refractivity contribution is -0.0905. The Morgan fingerprint density at radius 1 is 0.977 bits per heavy atom. The Kier molecular flexibility index (Phi) is 7.52. The van der Waals surface area contributed by atoms with E-state index in [-0.39, 0.29) is 23.0 Å². The van der Waals surface area contributed by atoms with Crippen LogP contribution < -0.4 is 15.6 Å². The second-order valence-electron chi connectivity index (χ2n) is 11.1. The van der Waals surface area contributed by atoms with Crippen LogP contribution in [0.5, 0.6) is 5.75 Å². The SMILES string of the molecule is CCC1(CC)O[C@@H](n2cnc3c(=O)[nH]c(NC(c4ccccc4)(c4ccccc4)c4ccc(OC)cc4)nc32)[C@@H](F)[C@@H]1C. The van der Waals surface area contributed by atoms with E-state index in [1.165, 1.54) is 6.33 Å². The fraction of sp³-hybridized carbons (Fsp3) is 0.324. The third-order valence-electron chi connectivity index (χ3n) is 9.08. The molecule has 0 radical (unpaired) electrons. The van der Waals surface area contributed by atoms with E-state index >= 15 is 4.39 Å². The van der Waals surface area contributed by atoms with Crippen molar-refractivity contribution < 1.29 is 13.9 Å². The molecule has 222 valence electrons. The molecule has 1 aliphatic rings. The first-order valence-corrected chi connectivity index (χ1v) is 14.7. The van der Waals surface area contributed by atoms with Crippen molar-refractivity contribution in [2.24, 2.45) is 5.92 Å². The number of H-pyrrole nitrogens is 1. The van der Waals surface area contributed by atoms with E-state index in [1.807, 2.05) is 106 Å². The number of hydrogen-bond donors (Lipinski definition) is 2. The zero-order valence-electron chi connectivity index (χ0n) is 24.8. The number of methoxy groups -OCH3 is 1. The van der Waals surface area contributed by atoms with Crippen LogP contribution in [-0.2, 0) is 10.3 Å². The summed E-state index contributed by atoms with van der Waals surface area (Å²) in [6.07, 6.45) is 0.562. The summed E-state index contributed by atoms with van der Waals surface area (Å²) in [4.78, 5) is 25.5. The van der Waals surface area contributed by atoms with Gasteiger partial charge >= 0.3 is 0 Å². The van der Waals surface area contributed by atoms with Crippen molar-refractivity contribution in [2.75, 3.05) is 12.4 Å². The topological polar surface area (TPSA) is 94.1 Å². The molecule has 1 saturated heterocycles. The van der Waals surface area contributed by atoms with Crippen LogP contribution in [0.3, 0.4) is 0 Å². The van der Waals surface area contributed by atoms with Crippen molar-refractivity contribution in [3.05, 3.63) is 118 Å². The predicted molar refractivity (Wildman–Crippen MR) is 165 cm³/mol. The van der Waals surface area contributed by atoms with Crippen LogP contribution in [0, 0.1) is 5.92 Å². The highest BCUT2D eigenvalue weighted by molar-refractivity contribution is 5.71. The highest BCUT2D eigenvalue weighted by Gasteiger charge is 2.52. The van der Waals surface area contributed by atoms with Crippen LogP contribution in [0.2, 0.25) is 0 Å². The van der Waals surface area contributed by atoms with Crippen LogP contribution in [-0.4, -0.2) is 38.4 Å². The summed E-state index contributed by atoms with van der Waals surface area (Å²) in [6, 6.07) is 27.7. The smallest absolute Gasteiger partial charge is 0.280 e. The number of nitrogens with zero attached hydrogens (tertiary/aromatic N) is 3. The Morgan fingerprint density at radius 2 is 1.56 bits per heavy atom. The van der Waals surface area contributed by atoms with Gasteiger partial charge in [0, 0.05) is 5.92 Å². The Labute approximate surface area is 249 Å². The van der Waals surface area contributed by atoms with Gasteiger partial charge in [-0.15, -0.1) is 0 Å². The summed E-state index contributed by atoms with van der Waals surface area (Å²) in [5, 5.41) is 3.59. The van der Waals surface area contributed by atoms with Crippen molar-refractivity contribution in [1.29, 1.82) is 0 Å². The molecule has 1 aliphatic heterocycles. The molecule has 0 amide bonds. The lowest BCUT2D eigenvalue weighted by Gasteiger charge is -2.37. The molecule has 9 heteroatoms. The molecule has 3 heterocycles. The maximum absolute atomic E-state index is 15.8. The number of imidazole rings is 1. The van der Waals surface area contributed by atoms with Crippen molar-refractivity contribution in [3.8, 4) is 5.75 Å². The third-order valence-corrected chi connectivity index (χ3v) is 9.08. The van der Waals surface area contributed by atoms with Crippen LogP contribution in [0.25, 0.3) is 11.2 Å². The maximum atomic E-state index is 15.8. The fourth-order valence-corrected chi connectivity index (χ4v) is 6.50. The largest absolute Gasteiger partial charge is 0.497 e. The molecule has 1 fully saturated rings. The van der Waals surface area contributed by atoms with Gasteiger partial charge in [0.15, 0.2) is 23.6 Å². The summed E-state index contributed by atoms with van der Waals surface area (Å²) < 4.78 is 29.2. The third kappa shape index (κ3) is 4.68. The van der Waals surface area contributed by atoms with E-state index in [1.54, 1.807) is 11.7 Å². The average molecular weight is 582 g/mol. The Morgan fingerprint density at radius 3 is 2.09 bits per heavy atom. The zero-order chi connectivity index (χ0) is 30.2. The maximum Gasteiger partial charge on any atom is 0.280 e. The first-order valence-electron chi connectivity index (χ1n) is 14.7. The molecule has 0 saturated carbocycles. The van der Waals surface area contributed by atoms with Crippen molar-refractivity contribution in [3.63, 3.8) is 0 Å². The lowest BCUT2D eigenvalue weighted by Crippen LogP contribution is -2.39. The van der Waals surface area contributed by atoms with E-state index in [0.29, 0.717) is 12.8 Å². The minimum atomic E-state index is -1.29. The van der Waals surface area contributed by atoms with E-state index in [0.717, 1.165) is 22.4 Å². The summed E-state index contributed by atoms with van der Waals surface area (Å²) in [7, 11) is 1.63. The zero-order valence-corrected chi connectivity index (χ0v) is 24.8. The van der Waals surface area contributed by atoms with Crippen molar-refractivity contribution in [2.45, 2.75) is 57.2 Å². The number of fused-ring (bicyclic) bond motifs is 1. The summed E-state index contributed by atoms with van der Waals surface area (Å²) in [6.45, 7) is 5.91. The van der Waals surface area contributed by atoms with Gasteiger partial charge in [-0.2, -0.15) is 4.98 Å². The van der Waals surface area contributed by atoms with E-state index in [2.05, 4.69) is 15.3 Å². The van der Waals surface area contributed by atoms with Gasteiger partial charge in [-0.25, -0.2) is 9.37 Å². The highest BCUT2D eigenvalue weighted by atomic mass is 19.1. The van der Waals surface area contributed by atoms with Crippen LogP contribution in [0.4, 0.5) is 10.3 Å². The average Bonchev–Trinajstić information content (AvgIpc) is 3.59. The molecule has 3 aromatic carbocycles. The van der Waals surface area contributed by atoms with Gasteiger partial charge in [-0.05, 0) is 41.7 Å². The van der Waals surface area contributed by atoms with E-state index in [9.17, 15) is 4.79 Å². The number of halogens is 1. The molecule has 0 bridgehead atoms. The molecule has 43 heavy (non-hydrogen) atoms. The summed E-state index contributed by atoms with van der Waals surface area (Å²) >= 11 is 0. The number of anilines is 1. The van der Waals surface area contributed by atoms with Gasteiger partial charge in [0.2, 0.25) is 5.95 Å². The van der Waals surface area contributed by atoms with Gasteiger partial charge in [0.05, 0.1) is 19.0 Å². The standard InChI is InChI=1S/C34H36FN5O3/c1-5-33(6-2)22(3)27(35)31(43-33)40-21-36-28-29(40)37-32(38-30(28)41)39-34(23-13-9-7-10-14-23,24-15-11-8-12-16-24)25-17-19-26(42-4)20-18-25/h7-22,27,31H,5-6H2,1-4H3,(H2,37,38,39,41)/t22-,27-,31+/m0/s1. The van der Waals surface area contributed by atoms with Gasteiger partial charge in [-0.1, -0.05) is 93.6 Å². The monoisotopic (exact) mass is 581 g/mol. The van der Waals surface area contributed by atoms with Crippen LogP contribution >= 0.6 is 0 Å². The Bertz CT molecular complexity index is 1710. The number of alkyl halides is 1. The quantitative estimate of drug-likeness (QED) is 0.191. The first-order chi connectivity index (χ1) is 20.9. The molecule has 0 aliphatic carbocycles. The normalized spacial score (nSPS) is 19.9. The number of rotatable bonds is 9. The van der Waals surface area contributed by atoms with Gasteiger partial charge in [0.25, 0.3) is 5.56 Å². The summed E-state index contributed by atoms with van der Waals surface area (Å²) in [5.74, 6) is 0.599. The highest BCUT2D eigenvalue weighted by Crippen LogP contribution is 2.47. The molecular formula is C34H36FN5O3. The number of aromatic amines is 1. The van der Waals surface area contributed by atoms with Crippen molar-refractivity contribution in [1.82, 2.24) is 19.5 Å². The van der Waals surface area contributed by atoms with E-state index in [4.69, 9.17) is 14.5 Å². The van der Waals surface area contributed by atoms with Gasteiger partial charge in [0.1, 0.15) is 11.3 Å². The Hall–Kier alpha value is -4.50. The number of benzene rings is 3.